The number of pyridine rings is 1. The number of halogens is 1. The molecule has 1 N–H and O–H groups in total. The van der Waals surface area contributed by atoms with E-state index in [-0.39, 0.29) is 12.1 Å². The summed E-state index contributed by atoms with van der Waals surface area (Å²) in [5.74, 6) is 1.73. The lowest BCUT2D eigenvalue weighted by atomic mass is 10.1. The first-order valence-electron chi connectivity index (χ1n) is 9.54. The van der Waals surface area contributed by atoms with E-state index in [1.807, 2.05) is 6.07 Å². The third-order valence-electron chi connectivity index (χ3n) is 4.58. The van der Waals surface area contributed by atoms with Crippen LogP contribution in [0.2, 0.25) is 5.15 Å². The third-order valence-corrected chi connectivity index (χ3v) is 4.76. The van der Waals surface area contributed by atoms with Gasteiger partial charge < -0.3 is 19.7 Å². The average Bonchev–Trinajstić information content (AvgIpc) is 2.76. The number of nitrogens with zero attached hydrogens (tertiary/aromatic N) is 4. The molecule has 0 bridgehead atoms. The van der Waals surface area contributed by atoms with Crippen LogP contribution >= 0.6 is 11.6 Å². The predicted molar refractivity (Wildman–Crippen MR) is 112 cm³/mol. The van der Waals surface area contributed by atoms with Crippen molar-refractivity contribution in [1.29, 1.82) is 0 Å². The number of carbonyl (C=O) groups is 1. The van der Waals surface area contributed by atoms with Crippen molar-refractivity contribution in [2.45, 2.75) is 18.9 Å². The molecule has 0 unspecified atom stereocenters. The van der Waals surface area contributed by atoms with Crippen LogP contribution in [0.4, 0.5) is 10.5 Å². The molecule has 2 aromatic heterocycles. The number of likely N-dealkylation sites (tertiary alicyclic amines) is 1. The third kappa shape index (κ3) is 5.36. The molecule has 4 rings (SSSR count). The lowest BCUT2D eigenvalue weighted by Gasteiger charge is -2.31. The van der Waals surface area contributed by atoms with Gasteiger partial charge in [0.05, 0.1) is 18.6 Å². The molecule has 1 fully saturated rings. The molecule has 0 atom stereocenters. The smallest absolute Gasteiger partial charge is 0.321 e. The molecule has 0 spiro atoms. The number of nitrogens with one attached hydrogen (secondary N) is 1. The van der Waals surface area contributed by atoms with Crippen molar-refractivity contribution in [2.75, 3.05) is 18.4 Å². The van der Waals surface area contributed by atoms with Gasteiger partial charge in [0, 0.05) is 37.8 Å². The van der Waals surface area contributed by atoms with Crippen molar-refractivity contribution in [1.82, 2.24) is 19.9 Å². The summed E-state index contributed by atoms with van der Waals surface area (Å²) in [6.07, 6.45) is 7.71. The normalized spacial score (nSPS) is 14.2. The zero-order valence-corrected chi connectivity index (χ0v) is 16.8. The monoisotopic (exact) mass is 425 g/mol. The van der Waals surface area contributed by atoms with Gasteiger partial charge in [0.15, 0.2) is 5.15 Å². The van der Waals surface area contributed by atoms with Gasteiger partial charge in [0.25, 0.3) is 0 Å². The molecule has 2 amide bonds. The number of hydrogen-bond donors (Lipinski definition) is 1. The van der Waals surface area contributed by atoms with Crippen molar-refractivity contribution in [3.8, 4) is 17.4 Å². The number of ether oxygens (including phenoxy) is 2. The van der Waals surface area contributed by atoms with E-state index in [0.29, 0.717) is 54.2 Å². The minimum atomic E-state index is -0.142. The second kappa shape index (κ2) is 9.41. The quantitative estimate of drug-likeness (QED) is 0.652. The SMILES string of the molecule is O=C(Nc1ccc(Oc2cccnc2)cc1)N1CCC(Oc2cncc(Cl)n2)CC1. The van der Waals surface area contributed by atoms with Gasteiger partial charge in [-0.15, -0.1) is 0 Å². The summed E-state index contributed by atoms with van der Waals surface area (Å²) >= 11 is 5.83. The highest BCUT2D eigenvalue weighted by molar-refractivity contribution is 6.29. The van der Waals surface area contributed by atoms with Gasteiger partial charge in [-0.25, -0.2) is 4.79 Å². The van der Waals surface area contributed by atoms with E-state index in [4.69, 9.17) is 21.1 Å². The number of anilines is 1. The number of rotatable bonds is 5. The molecule has 1 aliphatic heterocycles. The fourth-order valence-corrected chi connectivity index (χ4v) is 3.22. The Bertz CT molecular complexity index is 979. The van der Waals surface area contributed by atoms with Gasteiger partial charge in [-0.2, -0.15) is 4.98 Å². The lowest BCUT2D eigenvalue weighted by Crippen LogP contribution is -2.43. The predicted octanol–water partition coefficient (Wildman–Crippen LogP) is 4.39. The lowest BCUT2D eigenvalue weighted by molar-refractivity contribution is 0.111. The van der Waals surface area contributed by atoms with Gasteiger partial charge in [0.1, 0.15) is 17.6 Å². The maximum Gasteiger partial charge on any atom is 0.321 e. The Balaban J connectivity index is 1.25. The van der Waals surface area contributed by atoms with E-state index in [1.54, 1.807) is 47.6 Å². The van der Waals surface area contributed by atoms with Crippen molar-refractivity contribution in [3.63, 3.8) is 0 Å². The van der Waals surface area contributed by atoms with E-state index in [2.05, 4.69) is 20.3 Å². The molecule has 0 saturated carbocycles. The fourth-order valence-electron chi connectivity index (χ4n) is 3.08. The molecule has 1 aliphatic rings. The summed E-state index contributed by atoms with van der Waals surface area (Å²) in [4.78, 5) is 26.4. The van der Waals surface area contributed by atoms with Crippen LogP contribution in [0.5, 0.6) is 17.4 Å². The minimum Gasteiger partial charge on any atom is -0.473 e. The van der Waals surface area contributed by atoms with Crippen LogP contribution in [0, 0.1) is 0 Å². The molecule has 3 aromatic rings. The highest BCUT2D eigenvalue weighted by Crippen LogP contribution is 2.23. The Morgan fingerprint density at radius 3 is 2.53 bits per heavy atom. The largest absolute Gasteiger partial charge is 0.473 e. The maximum atomic E-state index is 12.5. The average molecular weight is 426 g/mol. The number of hydrogen-bond acceptors (Lipinski definition) is 6. The number of carbonyl (C=O) groups excluding carboxylic acids is 1. The Morgan fingerprint density at radius 1 is 1.03 bits per heavy atom. The van der Waals surface area contributed by atoms with E-state index in [1.165, 1.54) is 12.4 Å². The first kappa shape index (κ1) is 19.9. The van der Waals surface area contributed by atoms with Crippen molar-refractivity contribution in [2.24, 2.45) is 0 Å². The van der Waals surface area contributed by atoms with E-state index >= 15 is 0 Å². The Kier molecular flexibility index (Phi) is 6.24. The summed E-state index contributed by atoms with van der Waals surface area (Å²) in [7, 11) is 0. The highest BCUT2D eigenvalue weighted by Gasteiger charge is 2.24. The first-order chi connectivity index (χ1) is 14.7. The van der Waals surface area contributed by atoms with Crippen LogP contribution in [-0.2, 0) is 0 Å². The molecule has 0 aliphatic carbocycles. The van der Waals surface area contributed by atoms with Crippen LogP contribution in [0.1, 0.15) is 12.8 Å². The number of piperidine rings is 1. The first-order valence-corrected chi connectivity index (χ1v) is 9.91. The molecular formula is C21H20ClN5O3. The molecule has 3 heterocycles. The number of amides is 2. The van der Waals surface area contributed by atoms with Gasteiger partial charge in [-0.05, 0) is 36.4 Å². The molecule has 9 heteroatoms. The van der Waals surface area contributed by atoms with Crippen LogP contribution < -0.4 is 14.8 Å². The van der Waals surface area contributed by atoms with E-state index < -0.39 is 0 Å². The summed E-state index contributed by atoms with van der Waals surface area (Å²) in [6, 6.07) is 10.7. The van der Waals surface area contributed by atoms with Crippen LogP contribution in [0.15, 0.2) is 61.2 Å². The van der Waals surface area contributed by atoms with E-state index in [9.17, 15) is 4.79 Å². The molecule has 30 heavy (non-hydrogen) atoms. The molecule has 1 aromatic carbocycles. The molecule has 8 nitrogen and oxygen atoms in total. The Hall–Kier alpha value is -3.39. The standard InChI is InChI=1S/C21H20ClN5O3/c22-19-13-24-14-20(26-19)30-17-7-10-27(11-8-17)21(28)25-15-3-5-16(6-4-15)29-18-2-1-9-23-12-18/h1-6,9,12-14,17H,7-8,10-11H2,(H,25,28). The second-order valence-electron chi connectivity index (χ2n) is 6.73. The summed E-state index contributed by atoms with van der Waals surface area (Å²) < 4.78 is 11.5. The highest BCUT2D eigenvalue weighted by atomic mass is 35.5. The fraction of sp³-hybridized carbons (Fsp3) is 0.238. The van der Waals surface area contributed by atoms with Crippen molar-refractivity contribution in [3.05, 3.63) is 66.3 Å². The van der Waals surface area contributed by atoms with Crippen LogP contribution in [0.3, 0.4) is 0 Å². The summed E-state index contributed by atoms with van der Waals surface area (Å²) in [5.41, 5.74) is 0.700. The Labute approximate surface area is 178 Å². The van der Waals surface area contributed by atoms with Gasteiger partial charge in [-0.1, -0.05) is 11.6 Å². The Morgan fingerprint density at radius 2 is 1.83 bits per heavy atom. The zero-order chi connectivity index (χ0) is 20.8. The molecule has 0 radical (unpaired) electrons. The van der Waals surface area contributed by atoms with E-state index in [0.717, 1.165) is 0 Å². The summed E-state index contributed by atoms with van der Waals surface area (Å²) in [6.45, 7) is 1.18. The topological polar surface area (TPSA) is 89.5 Å². The van der Waals surface area contributed by atoms with Crippen molar-refractivity contribution >= 4 is 23.3 Å². The van der Waals surface area contributed by atoms with Crippen LogP contribution in [-0.4, -0.2) is 45.1 Å². The number of urea groups is 1. The van der Waals surface area contributed by atoms with Gasteiger partial charge >= 0.3 is 6.03 Å². The minimum absolute atomic E-state index is 0.0225. The number of benzene rings is 1. The molecule has 154 valence electrons. The second-order valence-corrected chi connectivity index (χ2v) is 7.12. The summed E-state index contributed by atoms with van der Waals surface area (Å²) in [5, 5.41) is 3.21. The van der Waals surface area contributed by atoms with Gasteiger partial charge in [0.2, 0.25) is 5.88 Å². The van der Waals surface area contributed by atoms with Crippen molar-refractivity contribution < 1.29 is 14.3 Å². The number of aromatic nitrogens is 3. The zero-order valence-electron chi connectivity index (χ0n) is 16.1. The van der Waals surface area contributed by atoms with Crippen LogP contribution in [0.25, 0.3) is 0 Å². The maximum absolute atomic E-state index is 12.5. The molecule has 1 saturated heterocycles. The van der Waals surface area contributed by atoms with Gasteiger partial charge in [-0.3, -0.25) is 9.97 Å². The molecular weight excluding hydrogens is 406 g/mol.